The van der Waals surface area contributed by atoms with Gasteiger partial charge in [-0.1, -0.05) is 42.0 Å². The van der Waals surface area contributed by atoms with E-state index >= 15 is 0 Å². The Balaban J connectivity index is 1.76. The first kappa shape index (κ1) is 15.0. The number of hydrogen-bond donors (Lipinski definition) is 2. The number of aryl methyl sites for hydroxylation is 2. The fraction of sp³-hybridized carbons (Fsp3) is 0.286. The van der Waals surface area contributed by atoms with E-state index in [1.165, 1.54) is 22.4 Å². The van der Waals surface area contributed by atoms with E-state index in [4.69, 9.17) is 5.11 Å². The molecule has 3 atom stereocenters. The van der Waals surface area contributed by atoms with Crippen LogP contribution in [0.2, 0.25) is 0 Å². The second-order valence-corrected chi connectivity index (χ2v) is 6.95. The molecule has 1 aliphatic carbocycles. The molecule has 2 aromatic rings. The molecule has 1 aliphatic heterocycles. The Morgan fingerprint density at radius 2 is 1.92 bits per heavy atom. The number of rotatable bonds is 2. The second-order valence-electron chi connectivity index (χ2n) is 6.95. The Morgan fingerprint density at radius 1 is 1.17 bits per heavy atom. The van der Waals surface area contributed by atoms with Gasteiger partial charge in [0, 0.05) is 11.6 Å². The van der Waals surface area contributed by atoms with Gasteiger partial charge in [-0.3, -0.25) is 0 Å². The maximum Gasteiger partial charge on any atom is 0.335 e. The highest BCUT2D eigenvalue weighted by atomic mass is 16.4. The molecule has 4 rings (SSSR count). The first-order valence-corrected chi connectivity index (χ1v) is 8.42. The Bertz CT molecular complexity index is 836. The lowest BCUT2D eigenvalue weighted by atomic mass is 9.76. The van der Waals surface area contributed by atoms with E-state index in [0.29, 0.717) is 17.4 Å². The number of fused-ring (bicyclic) bond motifs is 3. The zero-order valence-electron chi connectivity index (χ0n) is 13.9. The summed E-state index contributed by atoms with van der Waals surface area (Å²) in [5, 5.41) is 12.8. The van der Waals surface area contributed by atoms with E-state index in [2.05, 4.69) is 43.4 Å². The standard InChI is InChI=1S/C21H21NO2/c1-12-10-13(2)19-18(11-12)16-4-3-5-17(16)20(22-19)14-6-8-15(9-7-14)21(23)24/h3-4,6-11,16-17,20,22H,5H2,1-2H3,(H,23,24)/t16-,17-,20-/m0/s1. The molecular formula is C21H21NO2. The maximum atomic E-state index is 11.1. The van der Waals surface area contributed by atoms with Gasteiger partial charge in [0.25, 0.3) is 0 Å². The van der Waals surface area contributed by atoms with Gasteiger partial charge in [-0.05, 0) is 55.0 Å². The SMILES string of the molecule is Cc1cc(C)c2c(c1)[C@H]1C=CC[C@@H]1[C@H](c1ccc(C(=O)O)cc1)N2. The fourth-order valence-corrected chi connectivity index (χ4v) is 4.24. The molecule has 3 heteroatoms. The van der Waals surface area contributed by atoms with Crippen molar-refractivity contribution in [2.45, 2.75) is 32.2 Å². The van der Waals surface area contributed by atoms with Gasteiger partial charge in [-0.25, -0.2) is 4.79 Å². The van der Waals surface area contributed by atoms with E-state index in [9.17, 15) is 4.79 Å². The molecule has 2 aliphatic rings. The van der Waals surface area contributed by atoms with Gasteiger partial charge in [0.2, 0.25) is 0 Å². The van der Waals surface area contributed by atoms with Crippen LogP contribution < -0.4 is 5.32 Å². The lowest BCUT2D eigenvalue weighted by molar-refractivity contribution is 0.0697. The van der Waals surface area contributed by atoms with E-state index in [-0.39, 0.29) is 6.04 Å². The van der Waals surface area contributed by atoms with Crippen LogP contribution in [-0.2, 0) is 0 Å². The smallest absolute Gasteiger partial charge is 0.335 e. The van der Waals surface area contributed by atoms with Crippen molar-refractivity contribution in [1.29, 1.82) is 0 Å². The zero-order valence-corrected chi connectivity index (χ0v) is 13.9. The third kappa shape index (κ3) is 2.32. The minimum atomic E-state index is -0.879. The molecule has 24 heavy (non-hydrogen) atoms. The topological polar surface area (TPSA) is 49.3 Å². The Morgan fingerprint density at radius 3 is 2.62 bits per heavy atom. The van der Waals surface area contributed by atoms with Crippen LogP contribution in [0.3, 0.4) is 0 Å². The van der Waals surface area contributed by atoms with Crippen molar-refractivity contribution in [2.75, 3.05) is 5.32 Å². The number of carbonyl (C=O) groups is 1. The molecule has 0 saturated heterocycles. The van der Waals surface area contributed by atoms with Gasteiger partial charge in [-0.2, -0.15) is 0 Å². The van der Waals surface area contributed by atoms with Gasteiger partial charge in [0.15, 0.2) is 0 Å². The minimum absolute atomic E-state index is 0.210. The Kier molecular flexibility index (Phi) is 3.45. The average molecular weight is 319 g/mol. The van der Waals surface area contributed by atoms with Crippen molar-refractivity contribution in [2.24, 2.45) is 5.92 Å². The van der Waals surface area contributed by atoms with Crippen LogP contribution >= 0.6 is 0 Å². The number of allylic oxidation sites excluding steroid dienone is 2. The molecule has 2 N–H and O–H groups in total. The molecular weight excluding hydrogens is 298 g/mol. The number of carboxylic acid groups (broad SMARTS) is 1. The van der Waals surface area contributed by atoms with E-state index in [1.54, 1.807) is 12.1 Å². The van der Waals surface area contributed by atoms with Crippen LogP contribution in [0, 0.1) is 19.8 Å². The van der Waals surface area contributed by atoms with Crippen LogP contribution in [0.1, 0.15) is 51.0 Å². The van der Waals surface area contributed by atoms with Crippen molar-refractivity contribution < 1.29 is 9.90 Å². The number of benzene rings is 2. The molecule has 3 nitrogen and oxygen atoms in total. The molecule has 0 unspecified atom stereocenters. The molecule has 122 valence electrons. The average Bonchev–Trinajstić information content (AvgIpc) is 3.04. The lowest BCUT2D eigenvalue weighted by Crippen LogP contribution is -2.29. The number of anilines is 1. The molecule has 2 aromatic carbocycles. The van der Waals surface area contributed by atoms with Crippen molar-refractivity contribution >= 4 is 11.7 Å². The highest BCUT2D eigenvalue weighted by Crippen LogP contribution is 2.50. The zero-order chi connectivity index (χ0) is 16.8. The molecule has 0 saturated carbocycles. The summed E-state index contributed by atoms with van der Waals surface area (Å²) in [5.41, 5.74) is 6.70. The van der Waals surface area contributed by atoms with Crippen LogP contribution in [0.25, 0.3) is 0 Å². The van der Waals surface area contributed by atoms with E-state index < -0.39 is 5.97 Å². The van der Waals surface area contributed by atoms with Gasteiger partial charge in [0.05, 0.1) is 11.6 Å². The molecule has 0 spiro atoms. The minimum Gasteiger partial charge on any atom is -0.478 e. The van der Waals surface area contributed by atoms with Gasteiger partial charge >= 0.3 is 5.97 Å². The number of hydrogen-bond acceptors (Lipinski definition) is 2. The number of aromatic carboxylic acids is 1. The predicted octanol–water partition coefficient (Wildman–Crippen LogP) is 4.83. The summed E-state index contributed by atoms with van der Waals surface area (Å²) in [6.45, 7) is 4.31. The van der Waals surface area contributed by atoms with Crippen LogP contribution in [0.15, 0.2) is 48.6 Å². The Hall–Kier alpha value is -2.55. The van der Waals surface area contributed by atoms with E-state index in [1.807, 2.05) is 12.1 Å². The third-order valence-corrected chi connectivity index (χ3v) is 5.33. The number of carboxylic acids is 1. The van der Waals surface area contributed by atoms with Gasteiger partial charge in [0.1, 0.15) is 0 Å². The van der Waals surface area contributed by atoms with Crippen LogP contribution in [0.5, 0.6) is 0 Å². The van der Waals surface area contributed by atoms with Crippen molar-refractivity contribution in [1.82, 2.24) is 0 Å². The lowest BCUT2D eigenvalue weighted by Gasteiger charge is -2.38. The summed E-state index contributed by atoms with van der Waals surface area (Å²) in [4.78, 5) is 11.1. The molecule has 0 radical (unpaired) electrons. The summed E-state index contributed by atoms with van der Waals surface area (Å²) in [6.07, 6.45) is 5.67. The highest BCUT2D eigenvalue weighted by Gasteiger charge is 2.38. The van der Waals surface area contributed by atoms with Crippen molar-refractivity contribution in [3.05, 3.63) is 76.4 Å². The van der Waals surface area contributed by atoms with Crippen molar-refractivity contribution in [3.63, 3.8) is 0 Å². The highest BCUT2D eigenvalue weighted by molar-refractivity contribution is 5.87. The summed E-state index contributed by atoms with van der Waals surface area (Å²) in [5.74, 6) is 0.0357. The molecule has 0 bridgehead atoms. The maximum absolute atomic E-state index is 11.1. The van der Waals surface area contributed by atoms with Crippen LogP contribution in [-0.4, -0.2) is 11.1 Å². The predicted molar refractivity (Wildman–Crippen MR) is 95.7 cm³/mol. The molecule has 0 fully saturated rings. The third-order valence-electron chi connectivity index (χ3n) is 5.33. The number of nitrogens with one attached hydrogen (secondary N) is 1. The summed E-state index contributed by atoms with van der Waals surface area (Å²) in [6, 6.07) is 12.0. The quantitative estimate of drug-likeness (QED) is 0.780. The second kappa shape index (κ2) is 5.52. The van der Waals surface area contributed by atoms with Crippen LogP contribution in [0.4, 0.5) is 5.69 Å². The van der Waals surface area contributed by atoms with Gasteiger partial charge < -0.3 is 10.4 Å². The monoisotopic (exact) mass is 319 g/mol. The van der Waals surface area contributed by atoms with Gasteiger partial charge in [-0.15, -0.1) is 0 Å². The largest absolute Gasteiger partial charge is 0.478 e. The molecule has 1 heterocycles. The van der Waals surface area contributed by atoms with E-state index in [0.717, 1.165) is 12.0 Å². The summed E-state index contributed by atoms with van der Waals surface area (Å²) >= 11 is 0. The molecule has 0 amide bonds. The molecule has 0 aromatic heterocycles. The summed E-state index contributed by atoms with van der Waals surface area (Å²) in [7, 11) is 0. The Labute approximate surface area is 142 Å². The normalized spacial score (nSPS) is 24.2. The first-order valence-electron chi connectivity index (χ1n) is 8.42. The van der Waals surface area contributed by atoms with Crippen molar-refractivity contribution in [3.8, 4) is 0 Å². The first-order chi connectivity index (χ1) is 11.5. The fourth-order valence-electron chi connectivity index (χ4n) is 4.24. The summed E-state index contributed by atoms with van der Waals surface area (Å²) < 4.78 is 0.